The van der Waals surface area contributed by atoms with Crippen molar-refractivity contribution < 1.29 is 9.59 Å². The molecule has 0 spiro atoms. The average molecular weight is 250 g/mol. The highest BCUT2D eigenvalue weighted by Gasteiger charge is 2.16. The molecule has 0 aromatic rings. The molecule has 2 unspecified atom stereocenters. The van der Waals surface area contributed by atoms with E-state index in [4.69, 9.17) is 0 Å². The molecule has 0 rings (SSSR count). The van der Waals surface area contributed by atoms with Gasteiger partial charge in [-0.25, -0.2) is 0 Å². The van der Waals surface area contributed by atoms with Gasteiger partial charge in [0.05, 0.1) is 0 Å². The Labute approximate surface area is 111 Å². The third-order valence-corrected chi connectivity index (χ3v) is 3.25. The summed E-state index contributed by atoms with van der Waals surface area (Å²) in [7, 11) is 0. The van der Waals surface area contributed by atoms with Gasteiger partial charge < -0.3 is 4.79 Å². The highest BCUT2D eigenvalue weighted by molar-refractivity contribution is 5.96. The van der Waals surface area contributed by atoms with Crippen LogP contribution in [-0.4, -0.2) is 12.1 Å². The van der Waals surface area contributed by atoms with Gasteiger partial charge in [-0.3, -0.25) is 4.79 Å². The summed E-state index contributed by atoms with van der Waals surface area (Å²) in [6, 6.07) is 0. The first-order chi connectivity index (χ1) is 8.38. The van der Waals surface area contributed by atoms with Crippen LogP contribution in [0.1, 0.15) is 53.4 Å². The summed E-state index contributed by atoms with van der Waals surface area (Å²) < 4.78 is 0. The quantitative estimate of drug-likeness (QED) is 0.350. The summed E-state index contributed by atoms with van der Waals surface area (Å²) in [4.78, 5) is 22.1. The molecular formula is C16H26O2. The first-order valence-corrected chi connectivity index (χ1v) is 6.66. The number of rotatable bonds is 9. The van der Waals surface area contributed by atoms with Crippen molar-refractivity contribution in [2.24, 2.45) is 11.8 Å². The second-order valence-corrected chi connectivity index (χ2v) is 5.37. The number of carbonyl (C=O) groups excluding carboxylic acids is 2. The van der Waals surface area contributed by atoms with Crippen LogP contribution in [0, 0.1) is 11.8 Å². The van der Waals surface area contributed by atoms with E-state index in [2.05, 4.69) is 33.4 Å². The van der Waals surface area contributed by atoms with Crippen molar-refractivity contribution in [2.45, 2.75) is 53.4 Å². The van der Waals surface area contributed by atoms with E-state index in [-0.39, 0.29) is 11.7 Å². The second kappa shape index (κ2) is 8.84. The Morgan fingerprint density at radius 1 is 1.17 bits per heavy atom. The molecule has 2 nitrogen and oxygen atoms in total. The van der Waals surface area contributed by atoms with Crippen LogP contribution < -0.4 is 0 Å². The van der Waals surface area contributed by atoms with Crippen LogP contribution in [0.25, 0.3) is 0 Å². The van der Waals surface area contributed by atoms with Crippen molar-refractivity contribution in [1.29, 1.82) is 0 Å². The highest BCUT2D eigenvalue weighted by atomic mass is 16.1. The standard InChI is InChI=1S/C16H26O2/c1-12(2)7-6-8-13(3)9-10-16(11-17)14(4)15(5)18/h7,11,13,16H,4,6,8-10H2,1-3,5H3. The SMILES string of the molecule is C=C(C(C)=O)C(C=O)CCC(C)CCC=C(C)C. The van der Waals surface area contributed by atoms with E-state index >= 15 is 0 Å². The molecule has 0 amide bonds. The van der Waals surface area contributed by atoms with Crippen LogP contribution in [0.15, 0.2) is 23.8 Å². The predicted molar refractivity (Wildman–Crippen MR) is 76.4 cm³/mol. The van der Waals surface area contributed by atoms with Crippen LogP contribution in [0.5, 0.6) is 0 Å². The summed E-state index contributed by atoms with van der Waals surface area (Å²) >= 11 is 0. The molecule has 0 fully saturated rings. The van der Waals surface area contributed by atoms with Gasteiger partial charge >= 0.3 is 0 Å². The zero-order chi connectivity index (χ0) is 14.1. The summed E-state index contributed by atoms with van der Waals surface area (Å²) in [6.07, 6.45) is 7.01. The van der Waals surface area contributed by atoms with Gasteiger partial charge in [0.15, 0.2) is 5.78 Å². The van der Waals surface area contributed by atoms with E-state index < -0.39 is 0 Å². The largest absolute Gasteiger partial charge is 0.303 e. The van der Waals surface area contributed by atoms with E-state index in [1.807, 2.05) is 0 Å². The van der Waals surface area contributed by atoms with Gasteiger partial charge in [0.25, 0.3) is 0 Å². The Morgan fingerprint density at radius 3 is 2.22 bits per heavy atom. The molecule has 102 valence electrons. The van der Waals surface area contributed by atoms with Crippen LogP contribution in [-0.2, 0) is 9.59 Å². The lowest BCUT2D eigenvalue weighted by atomic mass is 9.89. The van der Waals surface area contributed by atoms with Crippen LogP contribution in [0.4, 0.5) is 0 Å². The van der Waals surface area contributed by atoms with Gasteiger partial charge in [-0.2, -0.15) is 0 Å². The molecule has 0 saturated carbocycles. The number of Topliss-reactive ketones (excluding diaryl/α,β-unsaturated/α-hetero) is 1. The minimum absolute atomic E-state index is 0.0794. The zero-order valence-corrected chi connectivity index (χ0v) is 12.2. The molecule has 0 aliphatic rings. The Hall–Kier alpha value is -1.18. The monoisotopic (exact) mass is 250 g/mol. The number of hydrogen-bond acceptors (Lipinski definition) is 2. The minimum atomic E-state index is -0.298. The summed E-state index contributed by atoms with van der Waals surface area (Å²) in [5.74, 6) is 0.195. The molecule has 0 heterocycles. The number of aldehydes is 1. The fourth-order valence-corrected chi connectivity index (χ4v) is 1.85. The third kappa shape index (κ3) is 7.21. The summed E-state index contributed by atoms with van der Waals surface area (Å²) in [5, 5.41) is 0. The molecule has 0 radical (unpaired) electrons. The van der Waals surface area contributed by atoms with E-state index in [0.29, 0.717) is 11.5 Å². The van der Waals surface area contributed by atoms with Gasteiger partial charge in [0.2, 0.25) is 0 Å². The molecule has 0 aromatic carbocycles. The smallest absolute Gasteiger partial charge is 0.155 e. The van der Waals surface area contributed by atoms with Crippen molar-refractivity contribution in [1.82, 2.24) is 0 Å². The Bertz CT molecular complexity index is 322. The van der Waals surface area contributed by atoms with E-state index in [1.165, 1.54) is 12.5 Å². The van der Waals surface area contributed by atoms with E-state index in [9.17, 15) is 9.59 Å². The lowest BCUT2D eigenvalue weighted by Gasteiger charge is -2.14. The minimum Gasteiger partial charge on any atom is -0.303 e. The van der Waals surface area contributed by atoms with Crippen LogP contribution in [0.3, 0.4) is 0 Å². The maximum Gasteiger partial charge on any atom is 0.155 e. The number of ketones is 1. The molecule has 0 N–H and O–H groups in total. The zero-order valence-electron chi connectivity index (χ0n) is 12.2. The molecule has 0 aliphatic heterocycles. The fourth-order valence-electron chi connectivity index (χ4n) is 1.85. The normalized spacial score (nSPS) is 13.6. The lowest BCUT2D eigenvalue weighted by Crippen LogP contribution is -2.12. The Morgan fingerprint density at radius 2 is 1.78 bits per heavy atom. The fraction of sp³-hybridized carbons (Fsp3) is 0.625. The lowest BCUT2D eigenvalue weighted by molar-refractivity contribution is -0.117. The summed E-state index contributed by atoms with van der Waals surface area (Å²) in [5.41, 5.74) is 1.79. The van der Waals surface area contributed by atoms with Gasteiger partial charge in [-0.05, 0) is 57.9 Å². The van der Waals surface area contributed by atoms with Crippen molar-refractivity contribution in [3.05, 3.63) is 23.8 Å². The van der Waals surface area contributed by atoms with Gasteiger partial charge in [-0.1, -0.05) is 25.2 Å². The predicted octanol–water partition coefficient (Wildman–Crippen LogP) is 4.11. The number of allylic oxidation sites excluding steroid dienone is 3. The highest BCUT2D eigenvalue weighted by Crippen LogP contribution is 2.20. The van der Waals surface area contributed by atoms with Gasteiger partial charge in [0, 0.05) is 5.92 Å². The van der Waals surface area contributed by atoms with E-state index in [0.717, 1.165) is 32.0 Å². The Balaban J connectivity index is 4.05. The molecule has 0 aromatic heterocycles. The maximum atomic E-state index is 11.2. The van der Waals surface area contributed by atoms with Crippen LogP contribution in [0.2, 0.25) is 0 Å². The summed E-state index contributed by atoms with van der Waals surface area (Å²) in [6.45, 7) is 11.6. The molecule has 2 atom stereocenters. The maximum absolute atomic E-state index is 11.2. The molecular weight excluding hydrogens is 224 g/mol. The van der Waals surface area contributed by atoms with Crippen LogP contribution >= 0.6 is 0 Å². The molecule has 2 heteroatoms. The van der Waals surface area contributed by atoms with E-state index in [1.54, 1.807) is 0 Å². The first kappa shape index (κ1) is 16.8. The number of hydrogen-bond donors (Lipinski definition) is 0. The average Bonchev–Trinajstić information content (AvgIpc) is 2.28. The van der Waals surface area contributed by atoms with Crippen molar-refractivity contribution in [2.75, 3.05) is 0 Å². The van der Waals surface area contributed by atoms with Crippen molar-refractivity contribution in [3.63, 3.8) is 0 Å². The first-order valence-electron chi connectivity index (χ1n) is 6.66. The van der Waals surface area contributed by atoms with Crippen molar-refractivity contribution in [3.8, 4) is 0 Å². The molecule has 0 bridgehead atoms. The molecule has 18 heavy (non-hydrogen) atoms. The topological polar surface area (TPSA) is 34.1 Å². The van der Waals surface area contributed by atoms with Crippen molar-refractivity contribution >= 4 is 12.1 Å². The molecule has 0 saturated heterocycles. The third-order valence-electron chi connectivity index (χ3n) is 3.25. The van der Waals surface area contributed by atoms with Gasteiger partial charge in [-0.15, -0.1) is 0 Å². The molecule has 0 aliphatic carbocycles. The number of carbonyl (C=O) groups is 2. The van der Waals surface area contributed by atoms with Gasteiger partial charge in [0.1, 0.15) is 6.29 Å². The Kier molecular flexibility index (Phi) is 8.27. The second-order valence-electron chi connectivity index (χ2n) is 5.37.